The number of amides is 2. The number of anilines is 2. The Balaban J connectivity index is 2.10. The Kier molecular flexibility index (Phi) is 8.55. The first kappa shape index (κ1) is 22.3. The van der Waals surface area contributed by atoms with Crippen LogP contribution < -0.4 is 20.1 Å². The highest BCUT2D eigenvalue weighted by Crippen LogP contribution is 2.29. The van der Waals surface area contributed by atoms with Crippen molar-refractivity contribution in [3.8, 4) is 11.5 Å². The molecule has 0 fully saturated rings. The summed E-state index contributed by atoms with van der Waals surface area (Å²) in [4.78, 5) is 23.5. The summed E-state index contributed by atoms with van der Waals surface area (Å²) in [6, 6.07) is 10.4. The Labute approximate surface area is 175 Å². The molecule has 2 amide bonds. The summed E-state index contributed by atoms with van der Waals surface area (Å²) in [6.07, 6.45) is 3.98. The molecule has 0 saturated heterocycles. The lowest BCUT2D eigenvalue weighted by molar-refractivity contribution is -0.114. The third-order valence-corrected chi connectivity index (χ3v) is 4.03. The molecule has 0 aliphatic carbocycles. The first-order chi connectivity index (χ1) is 13.9. The van der Waals surface area contributed by atoms with E-state index in [1.165, 1.54) is 13.0 Å². The van der Waals surface area contributed by atoms with E-state index in [2.05, 4.69) is 10.6 Å². The fourth-order valence-corrected chi connectivity index (χ4v) is 2.64. The molecular weight excluding hydrogens is 392 g/mol. The van der Waals surface area contributed by atoms with Crippen molar-refractivity contribution in [3.63, 3.8) is 0 Å². The number of carbonyl (C=O) groups is 2. The zero-order valence-electron chi connectivity index (χ0n) is 16.8. The monoisotopic (exact) mass is 416 g/mol. The third-order valence-electron chi connectivity index (χ3n) is 3.70. The topological polar surface area (TPSA) is 76.7 Å². The van der Waals surface area contributed by atoms with Crippen molar-refractivity contribution < 1.29 is 19.1 Å². The van der Waals surface area contributed by atoms with Crippen LogP contribution in [0.2, 0.25) is 5.02 Å². The van der Waals surface area contributed by atoms with Crippen molar-refractivity contribution in [1.29, 1.82) is 0 Å². The van der Waals surface area contributed by atoms with Crippen LogP contribution in [0.3, 0.4) is 0 Å². The van der Waals surface area contributed by atoms with E-state index in [9.17, 15) is 9.59 Å². The summed E-state index contributed by atoms with van der Waals surface area (Å²) in [6.45, 7) is 6.46. The van der Waals surface area contributed by atoms with Crippen LogP contribution in [0.25, 0.3) is 6.08 Å². The first-order valence-electron chi connectivity index (χ1n) is 9.38. The van der Waals surface area contributed by atoms with Gasteiger partial charge in [0, 0.05) is 18.7 Å². The molecule has 0 aliphatic heterocycles. The summed E-state index contributed by atoms with van der Waals surface area (Å²) in [5.41, 5.74) is 1.75. The number of benzene rings is 2. The van der Waals surface area contributed by atoms with Gasteiger partial charge in [-0.2, -0.15) is 0 Å². The lowest BCUT2D eigenvalue weighted by Gasteiger charge is -2.12. The Morgan fingerprint density at radius 2 is 1.83 bits per heavy atom. The Hall–Kier alpha value is -2.99. The van der Waals surface area contributed by atoms with Crippen LogP contribution in [-0.4, -0.2) is 25.0 Å². The van der Waals surface area contributed by atoms with E-state index in [1.54, 1.807) is 24.3 Å². The standard InChI is InChI=1S/C22H25ClN2O4/c1-4-12-29-20-10-6-16(13-21(20)28-5-2)7-11-22(27)25-19-14-17(24-15(3)26)8-9-18(19)23/h6-11,13-14H,4-5,12H2,1-3H3,(H,24,26)(H,25,27)/b11-7+. The molecule has 0 bridgehead atoms. The number of halogens is 1. The molecule has 0 heterocycles. The van der Waals surface area contributed by atoms with Crippen LogP contribution in [-0.2, 0) is 9.59 Å². The largest absolute Gasteiger partial charge is 0.490 e. The summed E-state index contributed by atoms with van der Waals surface area (Å²) in [5.74, 6) is 0.753. The van der Waals surface area contributed by atoms with Crippen molar-refractivity contribution in [3.05, 3.63) is 53.1 Å². The van der Waals surface area contributed by atoms with Crippen LogP contribution in [0, 0.1) is 0 Å². The van der Waals surface area contributed by atoms with Gasteiger partial charge in [0.05, 0.1) is 23.9 Å². The van der Waals surface area contributed by atoms with Crippen LogP contribution >= 0.6 is 11.6 Å². The van der Waals surface area contributed by atoms with Crippen molar-refractivity contribution >= 4 is 40.9 Å². The van der Waals surface area contributed by atoms with Crippen LogP contribution in [0.5, 0.6) is 11.5 Å². The second-order valence-electron chi connectivity index (χ2n) is 6.19. The summed E-state index contributed by atoms with van der Waals surface area (Å²) in [7, 11) is 0. The van der Waals surface area contributed by atoms with Crippen molar-refractivity contribution in [2.75, 3.05) is 23.8 Å². The number of rotatable bonds is 9. The average Bonchev–Trinajstić information content (AvgIpc) is 2.68. The Morgan fingerprint density at radius 1 is 1.03 bits per heavy atom. The third kappa shape index (κ3) is 7.16. The lowest BCUT2D eigenvalue weighted by Crippen LogP contribution is -2.10. The fraction of sp³-hybridized carbons (Fsp3) is 0.273. The summed E-state index contributed by atoms with van der Waals surface area (Å²) in [5, 5.41) is 5.73. The molecule has 0 unspecified atom stereocenters. The van der Waals surface area contributed by atoms with E-state index in [0.29, 0.717) is 41.1 Å². The van der Waals surface area contributed by atoms with Gasteiger partial charge in [0.2, 0.25) is 11.8 Å². The quantitative estimate of drug-likeness (QED) is 0.555. The first-order valence-corrected chi connectivity index (χ1v) is 9.76. The zero-order valence-corrected chi connectivity index (χ0v) is 17.5. The molecular formula is C22H25ClN2O4. The Morgan fingerprint density at radius 3 is 2.52 bits per heavy atom. The van der Waals surface area contributed by atoms with Gasteiger partial charge >= 0.3 is 0 Å². The average molecular weight is 417 g/mol. The van der Waals surface area contributed by atoms with Gasteiger partial charge in [-0.05, 0) is 55.3 Å². The number of hydrogen-bond acceptors (Lipinski definition) is 4. The highest BCUT2D eigenvalue weighted by molar-refractivity contribution is 6.34. The maximum atomic E-state index is 12.3. The van der Waals surface area contributed by atoms with Crippen molar-refractivity contribution in [2.24, 2.45) is 0 Å². The minimum absolute atomic E-state index is 0.207. The molecule has 0 radical (unpaired) electrons. The van der Waals surface area contributed by atoms with Gasteiger partial charge in [0.25, 0.3) is 0 Å². The molecule has 0 aromatic heterocycles. The number of hydrogen-bond donors (Lipinski definition) is 2. The highest BCUT2D eigenvalue weighted by Gasteiger charge is 2.08. The van der Waals surface area contributed by atoms with E-state index in [4.69, 9.17) is 21.1 Å². The molecule has 154 valence electrons. The molecule has 6 nitrogen and oxygen atoms in total. The van der Waals surface area contributed by atoms with Gasteiger partial charge in [-0.3, -0.25) is 9.59 Å². The van der Waals surface area contributed by atoms with E-state index < -0.39 is 0 Å². The minimum Gasteiger partial charge on any atom is -0.490 e. The van der Waals surface area contributed by atoms with Crippen LogP contribution in [0.4, 0.5) is 11.4 Å². The maximum Gasteiger partial charge on any atom is 0.248 e. The SMILES string of the molecule is CCCOc1ccc(/C=C/C(=O)Nc2cc(NC(C)=O)ccc2Cl)cc1OCC. The molecule has 0 aliphatic rings. The number of nitrogens with one attached hydrogen (secondary N) is 2. The van der Waals surface area contributed by atoms with Gasteiger partial charge in [-0.25, -0.2) is 0 Å². The van der Waals surface area contributed by atoms with Gasteiger partial charge in [0.1, 0.15) is 0 Å². The van der Waals surface area contributed by atoms with Crippen LogP contribution in [0.1, 0.15) is 32.8 Å². The van der Waals surface area contributed by atoms with Gasteiger partial charge in [-0.15, -0.1) is 0 Å². The molecule has 0 atom stereocenters. The van der Waals surface area contributed by atoms with E-state index >= 15 is 0 Å². The predicted molar refractivity (Wildman–Crippen MR) is 117 cm³/mol. The molecule has 2 rings (SSSR count). The zero-order chi connectivity index (χ0) is 21.2. The molecule has 29 heavy (non-hydrogen) atoms. The maximum absolute atomic E-state index is 12.3. The normalized spacial score (nSPS) is 10.6. The second-order valence-corrected chi connectivity index (χ2v) is 6.59. The molecule has 7 heteroatoms. The number of ether oxygens (including phenoxy) is 2. The van der Waals surface area contributed by atoms with Crippen molar-refractivity contribution in [1.82, 2.24) is 0 Å². The Bertz CT molecular complexity index is 896. The van der Waals surface area contributed by atoms with E-state index in [0.717, 1.165) is 12.0 Å². The highest BCUT2D eigenvalue weighted by atomic mass is 35.5. The minimum atomic E-state index is -0.351. The molecule has 2 aromatic rings. The molecule has 0 spiro atoms. The number of carbonyl (C=O) groups excluding carboxylic acids is 2. The summed E-state index contributed by atoms with van der Waals surface area (Å²) < 4.78 is 11.3. The lowest BCUT2D eigenvalue weighted by atomic mass is 10.2. The van der Waals surface area contributed by atoms with Crippen molar-refractivity contribution in [2.45, 2.75) is 27.2 Å². The van der Waals surface area contributed by atoms with E-state index in [1.807, 2.05) is 32.0 Å². The van der Waals surface area contributed by atoms with Crippen LogP contribution in [0.15, 0.2) is 42.5 Å². The van der Waals surface area contributed by atoms with Gasteiger partial charge in [0.15, 0.2) is 11.5 Å². The molecule has 2 aromatic carbocycles. The molecule has 0 saturated carbocycles. The van der Waals surface area contributed by atoms with Gasteiger partial charge in [-0.1, -0.05) is 24.6 Å². The smallest absolute Gasteiger partial charge is 0.248 e. The molecule has 2 N–H and O–H groups in total. The second kappa shape index (κ2) is 11.1. The van der Waals surface area contributed by atoms with Gasteiger partial charge < -0.3 is 20.1 Å². The van der Waals surface area contributed by atoms with E-state index in [-0.39, 0.29) is 11.8 Å². The summed E-state index contributed by atoms with van der Waals surface area (Å²) >= 11 is 6.13. The predicted octanol–water partition coefficient (Wildman–Crippen LogP) is 5.14. The fourth-order valence-electron chi connectivity index (χ4n) is 2.48.